The van der Waals surface area contributed by atoms with E-state index in [9.17, 15) is 0 Å². The quantitative estimate of drug-likeness (QED) is 0.696. The van der Waals surface area contributed by atoms with E-state index in [1.54, 1.807) is 19.3 Å². The smallest absolute Gasteiger partial charge is 0.0691 e. The first kappa shape index (κ1) is 15.2. The Labute approximate surface area is 142 Å². The lowest BCUT2D eigenvalue weighted by Crippen LogP contribution is -2.60. The number of nitrogens with one attached hydrogen (secondary N) is 2. The molecule has 0 aromatic rings. The summed E-state index contributed by atoms with van der Waals surface area (Å²) in [4.78, 5) is 0. The maximum Gasteiger partial charge on any atom is 0.0691 e. The van der Waals surface area contributed by atoms with Gasteiger partial charge in [0, 0.05) is 13.1 Å². The highest BCUT2D eigenvalue weighted by Crippen LogP contribution is 2.66. The van der Waals surface area contributed by atoms with Gasteiger partial charge in [0.1, 0.15) is 0 Å². The third-order valence-electron chi connectivity index (χ3n) is 9.58. The Hall–Kier alpha value is -0.0800. The van der Waals surface area contributed by atoms with Crippen LogP contribution in [-0.2, 0) is 0 Å². The van der Waals surface area contributed by atoms with Crippen molar-refractivity contribution in [2.24, 2.45) is 34.5 Å². The molecule has 0 amide bonds. The summed E-state index contributed by atoms with van der Waals surface area (Å²) >= 11 is 0. The van der Waals surface area contributed by atoms with Gasteiger partial charge in [-0.25, -0.2) is 0 Å². The minimum atomic E-state index is 0.313. The maximum absolute atomic E-state index is 3.83. The zero-order valence-electron chi connectivity index (χ0n) is 15.3. The van der Waals surface area contributed by atoms with E-state index in [2.05, 4.69) is 24.5 Å². The summed E-state index contributed by atoms with van der Waals surface area (Å²) in [5, 5.41) is 7.65. The Morgan fingerprint density at radius 3 is 2.43 bits per heavy atom. The SMILES string of the molecule is C[C@@]12CCC[C@H]1[C@@H]1CC[C@@H]3CC4(CC[C@]3(C)[C@@H]1CC2)NCCN4. The van der Waals surface area contributed by atoms with Gasteiger partial charge in [0.15, 0.2) is 0 Å². The van der Waals surface area contributed by atoms with Gasteiger partial charge in [-0.05, 0) is 92.3 Å². The van der Waals surface area contributed by atoms with Crippen molar-refractivity contribution in [1.82, 2.24) is 10.6 Å². The lowest BCUT2D eigenvalue weighted by molar-refractivity contribution is -0.118. The van der Waals surface area contributed by atoms with Gasteiger partial charge < -0.3 is 0 Å². The lowest BCUT2D eigenvalue weighted by Gasteiger charge is -2.62. The Bertz CT molecular complexity index is 482. The number of fused-ring (bicyclic) bond motifs is 5. The van der Waals surface area contributed by atoms with Crippen LogP contribution < -0.4 is 10.6 Å². The Balaban J connectivity index is 1.41. The van der Waals surface area contributed by atoms with Crippen molar-refractivity contribution in [3.05, 3.63) is 0 Å². The van der Waals surface area contributed by atoms with Gasteiger partial charge in [0.25, 0.3) is 0 Å². The van der Waals surface area contributed by atoms with Crippen LogP contribution in [0.5, 0.6) is 0 Å². The minimum absolute atomic E-state index is 0.313. The van der Waals surface area contributed by atoms with Gasteiger partial charge >= 0.3 is 0 Å². The van der Waals surface area contributed by atoms with Crippen LogP contribution >= 0.6 is 0 Å². The molecule has 0 radical (unpaired) electrons. The molecular formula is C21H36N2. The van der Waals surface area contributed by atoms with Crippen LogP contribution in [0.2, 0.25) is 0 Å². The molecule has 5 rings (SSSR count). The highest BCUT2D eigenvalue weighted by atomic mass is 15.3. The lowest BCUT2D eigenvalue weighted by atomic mass is 9.44. The molecule has 6 atom stereocenters. The van der Waals surface area contributed by atoms with Crippen molar-refractivity contribution < 1.29 is 0 Å². The van der Waals surface area contributed by atoms with Crippen molar-refractivity contribution >= 4 is 0 Å². The van der Waals surface area contributed by atoms with Crippen molar-refractivity contribution in [3.8, 4) is 0 Å². The fraction of sp³-hybridized carbons (Fsp3) is 1.00. The third-order valence-corrected chi connectivity index (χ3v) is 9.58. The van der Waals surface area contributed by atoms with E-state index in [0.29, 0.717) is 11.1 Å². The first-order valence-corrected chi connectivity index (χ1v) is 10.5. The molecule has 4 aliphatic carbocycles. The van der Waals surface area contributed by atoms with Crippen molar-refractivity contribution in [2.45, 2.75) is 83.7 Å². The molecule has 0 unspecified atom stereocenters. The van der Waals surface area contributed by atoms with Crippen LogP contribution in [0.25, 0.3) is 0 Å². The van der Waals surface area contributed by atoms with Gasteiger partial charge in [-0.15, -0.1) is 0 Å². The maximum atomic E-state index is 3.83. The molecule has 0 aromatic heterocycles. The zero-order valence-corrected chi connectivity index (χ0v) is 15.3. The number of hydrogen-bond acceptors (Lipinski definition) is 2. The second-order valence-corrected chi connectivity index (χ2v) is 10.4. The number of rotatable bonds is 0. The predicted octanol–water partition coefficient (Wildman–Crippen LogP) is 4.31. The molecule has 2 nitrogen and oxygen atoms in total. The monoisotopic (exact) mass is 316 g/mol. The summed E-state index contributed by atoms with van der Waals surface area (Å²) in [6.07, 6.45) is 14.9. The van der Waals surface area contributed by atoms with E-state index >= 15 is 0 Å². The molecule has 1 aliphatic heterocycles. The molecular weight excluding hydrogens is 280 g/mol. The average Bonchev–Trinajstić information content (AvgIpc) is 3.15. The van der Waals surface area contributed by atoms with Crippen LogP contribution in [0.3, 0.4) is 0 Å². The van der Waals surface area contributed by atoms with Crippen molar-refractivity contribution in [2.75, 3.05) is 13.1 Å². The molecule has 4 saturated carbocycles. The van der Waals surface area contributed by atoms with E-state index in [0.717, 1.165) is 29.1 Å². The predicted molar refractivity (Wildman–Crippen MR) is 95.1 cm³/mol. The molecule has 1 saturated heterocycles. The summed E-state index contributed by atoms with van der Waals surface area (Å²) in [6.45, 7) is 7.69. The molecule has 0 bridgehead atoms. The summed E-state index contributed by atoms with van der Waals surface area (Å²) in [7, 11) is 0. The molecule has 1 heterocycles. The summed E-state index contributed by atoms with van der Waals surface area (Å²) < 4.78 is 0. The Morgan fingerprint density at radius 1 is 0.783 bits per heavy atom. The fourth-order valence-electron chi connectivity index (χ4n) is 8.25. The van der Waals surface area contributed by atoms with Gasteiger partial charge in [0.05, 0.1) is 5.66 Å². The van der Waals surface area contributed by atoms with Gasteiger partial charge in [-0.1, -0.05) is 20.3 Å². The van der Waals surface area contributed by atoms with Crippen LogP contribution in [0.4, 0.5) is 0 Å². The van der Waals surface area contributed by atoms with Crippen LogP contribution in [0.1, 0.15) is 78.1 Å². The fourth-order valence-corrected chi connectivity index (χ4v) is 8.25. The van der Waals surface area contributed by atoms with E-state index in [1.807, 2.05) is 0 Å². The highest BCUT2D eigenvalue weighted by Gasteiger charge is 2.59. The standard InChI is InChI=1S/C21H36N2/c1-19-8-3-4-17(19)16-6-5-15-14-21(22-12-13-23-21)11-10-20(15,2)18(16)7-9-19/h15-18,22-23H,3-14H2,1-2H3/t15-,16+,17+,18-,19+,20+/m1/s1. The van der Waals surface area contributed by atoms with Gasteiger partial charge in [-0.3, -0.25) is 10.6 Å². The van der Waals surface area contributed by atoms with Crippen LogP contribution in [-0.4, -0.2) is 18.8 Å². The Morgan fingerprint density at radius 2 is 1.61 bits per heavy atom. The average molecular weight is 317 g/mol. The molecule has 2 N–H and O–H groups in total. The third kappa shape index (κ3) is 2.06. The van der Waals surface area contributed by atoms with Crippen LogP contribution in [0.15, 0.2) is 0 Å². The van der Waals surface area contributed by atoms with Crippen LogP contribution in [0, 0.1) is 34.5 Å². The molecule has 5 fully saturated rings. The van der Waals surface area contributed by atoms with E-state index in [4.69, 9.17) is 0 Å². The first-order chi connectivity index (χ1) is 11.0. The normalized spacial score (nSPS) is 54.5. The summed E-state index contributed by atoms with van der Waals surface area (Å²) in [6, 6.07) is 0. The van der Waals surface area contributed by atoms with Gasteiger partial charge in [0.2, 0.25) is 0 Å². The van der Waals surface area contributed by atoms with Crippen molar-refractivity contribution in [3.63, 3.8) is 0 Å². The molecule has 1 spiro atoms. The second-order valence-electron chi connectivity index (χ2n) is 10.4. The highest BCUT2D eigenvalue weighted by molar-refractivity contribution is 5.10. The minimum Gasteiger partial charge on any atom is -0.298 e. The first-order valence-electron chi connectivity index (χ1n) is 10.5. The number of hydrogen-bond donors (Lipinski definition) is 2. The van der Waals surface area contributed by atoms with E-state index in [1.165, 1.54) is 58.0 Å². The molecule has 0 aromatic carbocycles. The van der Waals surface area contributed by atoms with Crippen molar-refractivity contribution in [1.29, 1.82) is 0 Å². The Kier molecular flexibility index (Phi) is 3.29. The largest absolute Gasteiger partial charge is 0.298 e. The zero-order chi connectivity index (χ0) is 15.7. The summed E-state index contributed by atoms with van der Waals surface area (Å²) in [5.41, 5.74) is 1.67. The second kappa shape index (κ2) is 4.97. The molecule has 5 aliphatic rings. The molecule has 2 heteroatoms. The molecule has 23 heavy (non-hydrogen) atoms. The topological polar surface area (TPSA) is 24.1 Å². The summed E-state index contributed by atoms with van der Waals surface area (Å²) in [5.74, 6) is 4.13. The van der Waals surface area contributed by atoms with E-state index < -0.39 is 0 Å². The van der Waals surface area contributed by atoms with E-state index in [-0.39, 0.29) is 0 Å². The van der Waals surface area contributed by atoms with Gasteiger partial charge in [-0.2, -0.15) is 0 Å². The molecule has 130 valence electrons.